The smallest absolute Gasteiger partial charge is 0.325 e. The van der Waals surface area contributed by atoms with Gasteiger partial charge in [-0.15, -0.1) is 35.3 Å². The molecule has 7 nitrogen and oxygen atoms in total. The van der Waals surface area contributed by atoms with Crippen molar-refractivity contribution in [2.24, 2.45) is 4.99 Å². The number of aliphatic imine (C=N–C) groups is 1. The Hall–Kier alpha value is -1.36. The molecule has 0 bridgehead atoms. The summed E-state index contributed by atoms with van der Waals surface area (Å²) in [5.41, 5.74) is -0.765. The van der Waals surface area contributed by atoms with Crippen LogP contribution in [0.2, 0.25) is 0 Å². The molecule has 2 heterocycles. The van der Waals surface area contributed by atoms with Gasteiger partial charge in [-0.3, -0.25) is 14.7 Å². The van der Waals surface area contributed by atoms with Crippen molar-refractivity contribution < 1.29 is 9.59 Å². The van der Waals surface area contributed by atoms with Crippen molar-refractivity contribution in [2.75, 3.05) is 26.2 Å². The number of rotatable bonds is 9. The number of hydrogen-bond donors (Lipinski definition) is 3. The topological polar surface area (TPSA) is 85.8 Å². The van der Waals surface area contributed by atoms with E-state index in [1.807, 2.05) is 13.8 Å². The summed E-state index contributed by atoms with van der Waals surface area (Å²) in [6.07, 6.45) is 1.26. The van der Waals surface area contributed by atoms with Gasteiger partial charge in [0.15, 0.2) is 5.96 Å². The van der Waals surface area contributed by atoms with E-state index in [1.165, 1.54) is 9.78 Å². The van der Waals surface area contributed by atoms with Crippen LogP contribution in [0.15, 0.2) is 22.5 Å². The molecule has 9 heteroatoms. The molecule has 1 fully saturated rings. The van der Waals surface area contributed by atoms with Crippen LogP contribution in [0.3, 0.4) is 0 Å². The summed E-state index contributed by atoms with van der Waals surface area (Å²) in [5, 5.41) is 11.4. The molecule has 1 saturated heterocycles. The summed E-state index contributed by atoms with van der Waals surface area (Å²) in [6.45, 7) is 10.4. The standard InChI is InChI=1S/C19H31N5O2S.HI/c1-5-19(4)16(25)24(18(26)23-19)11-8-10-21-17(20-6-2)22-13-14(3)15-9-7-12-27-15;/h7,9,12,14H,5-6,8,10-11,13H2,1-4H3,(H,23,26)(H2,20,21,22);1H. The van der Waals surface area contributed by atoms with Gasteiger partial charge in [-0.2, -0.15) is 0 Å². The molecule has 3 N–H and O–H groups in total. The molecule has 0 saturated carbocycles. The lowest BCUT2D eigenvalue weighted by Gasteiger charge is -2.19. The first kappa shape index (κ1) is 24.7. The van der Waals surface area contributed by atoms with Crippen LogP contribution < -0.4 is 16.0 Å². The number of amides is 3. The zero-order chi connectivity index (χ0) is 19.9. The molecule has 2 rings (SSSR count). The first-order valence-corrected chi connectivity index (χ1v) is 10.5. The van der Waals surface area contributed by atoms with Gasteiger partial charge in [0.25, 0.3) is 5.91 Å². The van der Waals surface area contributed by atoms with Crippen molar-refractivity contribution in [1.29, 1.82) is 0 Å². The van der Waals surface area contributed by atoms with Crippen LogP contribution in [0.1, 0.15) is 51.3 Å². The average Bonchev–Trinajstić information content (AvgIpc) is 3.25. The van der Waals surface area contributed by atoms with E-state index in [0.717, 1.165) is 12.5 Å². The van der Waals surface area contributed by atoms with Crippen LogP contribution in [0, 0.1) is 0 Å². The lowest BCUT2D eigenvalue weighted by atomic mass is 9.99. The highest BCUT2D eigenvalue weighted by atomic mass is 127. The Balaban J connectivity index is 0.00000392. The quantitative estimate of drug-likeness (QED) is 0.153. The molecule has 0 radical (unpaired) electrons. The molecular formula is C19H32IN5O2S. The minimum atomic E-state index is -0.765. The van der Waals surface area contributed by atoms with Crippen molar-refractivity contribution in [3.05, 3.63) is 22.4 Å². The first-order valence-electron chi connectivity index (χ1n) is 9.61. The minimum absolute atomic E-state index is 0. The first-order chi connectivity index (χ1) is 12.9. The third-order valence-electron chi connectivity index (χ3n) is 4.80. The zero-order valence-electron chi connectivity index (χ0n) is 17.1. The van der Waals surface area contributed by atoms with Crippen molar-refractivity contribution in [3.63, 3.8) is 0 Å². The number of carbonyl (C=O) groups excluding carboxylic acids is 2. The van der Waals surface area contributed by atoms with Crippen molar-refractivity contribution >= 4 is 53.2 Å². The van der Waals surface area contributed by atoms with Crippen molar-refractivity contribution in [3.8, 4) is 0 Å². The highest BCUT2D eigenvalue weighted by molar-refractivity contribution is 14.0. The summed E-state index contributed by atoms with van der Waals surface area (Å²) in [4.78, 5) is 31.7. The number of nitrogens with zero attached hydrogens (tertiary/aromatic N) is 2. The number of imide groups is 1. The third kappa shape index (κ3) is 6.33. The number of nitrogens with one attached hydrogen (secondary N) is 3. The summed E-state index contributed by atoms with van der Waals surface area (Å²) < 4.78 is 0. The van der Waals surface area contributed by atoms with Crippen LogP contribution in [0.25, 0.3) is 0 Å². The Kier molecular flexibility index (Phi) is 10.2. The average molecular weight is 521 g/mol. The number of urea groups is 1. The summed E-state index contributed by atoms with van der Waals surface area (Å²) in [6, 6.07) is 3.89. The second kappa shape index (κ2) is 11.6. The molecule has 2 unspecified atom stereocenters. The van der Waals surface area contributed by atoms with Gasteiger partial charge >= 0.3 is 6.03 Å². The zero-order valence-corrected chi connectivity index (χ0v) is 20.2. The lowest BCUT2D eigenvalue weighted by Crippen LogP contribution is -2.43. The van der Waals surface area contributed by atoms with Gasteiger partial charge in [-0.05, 0) is 38.1 Å². The third-order valence-corrected chi connectivity index (χ3v) is 5.90. The molecule has 158 valence electrons. The van der Waals surface area contributed by atoms with E-state index < -0.39 is 5.54 Å². The minimum Gasteiger partial charge on any atom is -0.357 e. The Bertz CT molecular complexity index is 667. The van der Waals surface area contributed by atoms with E-state index in [1.54, 1.807) is 18.3 Å². The normalized spacial score (nSPS) is 20.6. The monoisotopic (exact) mass is 521 g/mol. The predicted molar refractivity (Wildman–Crippen MR) is 126 cm³/mol. The molecule has 0 aromatic carbocycles. The fourth-order valence-electron chi connectivity index (χ4n) is 2.87. The lowest BCUT2D eigenvalue weighted by molar-refractivity contribution is -0.130. The van der Waals surface area contributed by atoms with Gasteiger partial charge < -0.3 is 16.0 Å². The SMILES string of the molecule is CCNC(=NCC(C)c1cccs1)NCCCN1C(=O)NC(C)(CC)C1=O.I. The van der Waals surface area contributed by atoms with E-state index >= 15 is 0 Å². The van der Waals surface area contributed by atoms with Crippen LogP contribution in [0.4, 0.5) is 4.79 Å². The van der Waals surface area contributed by atoms with Gasteiger partial charge in [0.2, 0.25) is 0 Å². The highest BCUT2D eigenvalue weighted by Crippen LogP contribution is 2.21. The number of carbonyl (C=O) groups is 2. The predicted octanol–water partition coefficient (Wildman–Crippen LogP) is 3.14. The Morgan fingerprint density at radius 1 is 1.36 bits per heavy atom. The number of hydrogen-bond acceptors (Lipinski definition) is 4. The number of halogens is 1. The van der Waals surface area contributed by atoms with Gasteiger partial charge in [0.05, 0.1) is 6.54 Å². The molecule has 1 aromatic rings. The molecule has 1 aliphatic heterocycles. The van der Waals surface area contributed by atoms with Gasteiger partial charge in [0.1, 0.15) is 5.54 Å². The Labute approximate surface area is 188 Å². The van der Waals surface area contributed by atoms with Gasteiger partial charge in [-0.1, -0.05) is 19.9 Å². The molecule has 2 atom stereocenters. The maximum Gasteiger partial charge on any atom is 0.325 e. The number of guanidine groups is 1. The Morgan fingerprint density at radius 3 is 2.68 bits per heavy atom. The summed E-state index contributed by atoms with van der Waals surface area (Å²) in [5.74, 6) is 0.995. The van der Waals surface area contributed by atoms with Gasteiger partial charge in [-0.25, -0.2) is 4.79 Å². The van der Waals surface area contributed by atoms with E-state index in [-0.39, 0.29) is 35.9 Å². The van der Waals surface area contributed by atoms with E-state index in [9.17, 15) is 9.59 Å². The molecule has 0 aliphatic carbocycles. The van der Waals surface area contributed by atoms with E-state index in [4.69, 9.17) is 0 Å². The van der Waals surface area contributed by atoms with Crippen molar-refractivity contribution in [2.45, 2.75) is 52.0 Å². The maximum atomic E-state index is 12.4. The number of thiophene rings is 1. The van der Waals surface area contributed by atoms with Crippen molar-refractivity contribution in [1.82, 2.24) is 20.9 Å². The Morgan fingerprint density at radius 2 is 2.11 bits per heavy atom. The van der Waals surface area contributed by atoms with Crippen LogP contribution >= 0.6 is 35.3 Å². The van der Waals surface area contributed by atoms with Crippen LogP contribution in [-0.2, 0) is 4.79 Å². The summed E-state index contributed by atoms with van der Waals surface area (Å²) in [7, 11) is 0. The maximum absolute atomic E-state index is 12.4. The highest BCUT2D eigenvalue weighted by Gasteiger charge is 2.45. The second-order valence-electron chi connectivity index (χ2n) is 6.99. The van der Waals surface area contributed by atoms with E-state index in [0.29, 0.717) is 38.4 Å². The molecule has 3 amide bonds. The second-order valence-corrected chi connectivity index (χ2v) is 7.97. The van der Waals surface area contributed by atoms with Gasteiger partial charge in [0, 0.05) is 30.4 Å². The van der Waals surface area contributed by atoms with Crippen LogP contribution in [0.5, 0.6) is 0 Å². The summed E-state index contributed by atoms with van der Waals surface area (Å²) >= 11 is 1.75. The molecule has 1 aromatic heterocycles. The molecule has 1 aliphatic rings. The molecule has 0 spiro atoms. The van der Waals surface area contributed by atoms with E-state index in [2.05, 4.69) is 45.4 Å². The molecule has 28 heavy (non-hydrogen) atoms. The van der Waals surface area contributed by atoms with Crippen LogP contribution in [-0.4, -0.2) is 54.5 Å². The fraction of sp³-hybridized carbons (Fsp3) is 0.632. The fourth-order valence-corrected chi connectivity index (χ4v) is 3.64. The molecular weight excluding hydrogens is 489 g/mol. The largest absolute Gasteiger partial charge is 0.357 e.